The molecule has 3 nitrogen and oxygen atoms in total. The molecule has 4 heteroatoms. The van der Waals surface area contributed by atoms with E-state index in [1.807, 2.05) is 42.8 Å². The van der Waals surface area contributed by atoms with Gasteiger partial charge in [-0.2, -0.15) is 0 Å². The molecule has 0 aliphatic rings. The minimum atomic E-state index is 0.721. The van der Waals surface area contributed by atoms with Crippen LogP contribution in [-0.4, -0.2) is 9.55 Å². The maximum absolute atomic E-state index is 5.89. The van der Waals surface area contributed by atoms with Crippen LogP contribution < -0.4 is 5.32 Å². The van der Waals surface area contributed by atoms with Crippen LogP contribution in [0.15, 0.2) is 30.5 Å². The fraction of sp³-hybridized carbons (Fsp3) is 0.182. The van der Waals surface area contributed by atoms with Crippen molar-refractivity contribution < 1.29 is 0 Å². The summed E-state index contributed by atoms with van der Waals surface area (Å²) in [6.07, 6.45) is 1.80. The largest absolute Gasteiger partial charge is 0.340 e. The second kappa shape index (κ2) is 3.95. The summed E-state index contributed by atoms with van der Waals surface area (Å²) in [6, 6.07) is 7.60. The summed E-state index contributed by atoms with van der Waals surface area (Å²) >= 11 is 5.89. The Balaban J connectivity index is 2.26. The molecular weight excluding hydrogens is 210 g/mol. The Morgan fingerprint density at radius 2 is 2.20 bits per heavy atom. The lowest BCUT2D eigenvalue weighted by Crippen LogP contribution is -1.98. The third kappa shape index (κ3) is 2.13. The van der Waals surface area contributed by atoms with Gasteiger partial charge in [0.2, 0.25) is 0 Å². The molecule has 1 N–H and O–H groups in total. The first-order chi connectivity index (χ1) is 7.16. The van der Waals surface area contributed by atoms with Gasteiger partial charge in [-0.1, -0.05) is 17.7 Å². The first-order valence-electron chi connectivity index (χ1n) is 4.68. The topological polar surface area (TPSA) is 29.9 Å². The Kier molecular flexibility index (Phi) is 2.64. The number of benzene rings is 1. The highest BCUT2D eigenvalue weighted by molar-refractivity contribution is 6.30. The van der Waals surface area contributed by atoms with E-state index in [1.54, 1.807) is 6.20 Å². The van der Waals surface area contributed by atoms with Crippen LogP contribution in [-0.2, 0) is 7.05 Å². The van der Waals surface area contributed by atoms with Crippen LogP contribution in [0.2, 0.25) is 5.02 Å². The molecule has 0 unspecified atom stereocenters. The summed E-state index contributed by atoms with van der Waals surface area (Å²) in [5.74, 6) is 1.93. The van der Waals surface area contributed by atoms with Gasteiger partial charge in [0.1, 0.15) is 11.6 Å². The van der Waals surface area contributed by atoms with Crippen LogP contribution in [0.3, 0.4) is 0 Å². The molecule has 0 saturated carbocycles. The number of aryl methyl sites for hydroxylation is 1. The van der Waals surface area contributed by atoms with Gasteiger partial charge in [-0.25, -0.2) is 4.98 Å². The number of nitrogens with zero attached hydrogens (tertiary/aromatic N) is 2. The fourth-order valence-corrected chi connectivity index (χ4v) is 1.52. The Morgan fingerprint density at radius 3 is 2.80 bits per heavy atom. The molecule has 0 amide bonds. The van der Waals surface area contributed by atoms with Gasteiger partial charge in [0, 0.05) is 17.8 Å². The number of anilines is 2. The van der Waals surface area contributed by atoms with E-state index in [4.69, 9.17) is 11.6 Å². The van der Waals surface area contributed by atoms with E-state index in [-0.39, 0.29) is 0 Å². The molecule has 2 rings (SSSR count). The van der Waals surface area contributed by atoms with Crippen molar-refractivity contribution in [3.8, 4) is 0 Å². The van der Waals surface area contributed by atoms with Crippen molar-refractivity contribution in [2.45, 2.75) is 6.92 Å². The van der Waals surface area contributed by atoms with E-state index >= 15 is 0 Å². The van der Waals surface area contributed by atoms with Crippen LogP contribution in [0.5, 0.6) is 0 Å². The summed E-state index contributed by atoms with van der Waals surface area (Å²) in [5.41, 5.74) is 0.963. The summed E-state index contributed by atoms with van der Waals surface area (Å²) in [5, 5.41) is 3.97. The van der Waals surface area contributed by atoms with Gasteiger partial charge in [0.25, 0.3) is 0 Å². The highest BCUT2D eigenvalue weighted by Crippen LogP contribution is 2.19. The molecule has 0 bridgehead atoms. The average Bonchev–Trinajstić information content (AvgIpc) is 2.50. The van der Waals surface area contributed by atoms with Crippen molar-refractivity contribution in [1.82, 2.24) is 9.55 Å². The highest BCUT2D eigenvalue weighted by Gasteiger charge is 2.02. The van der Waals surface area contributed by atoms with Crippen LogP contribution in [0.1, 0.15) is 5.82 Å². The maximum atomic E-state index is 5.89. The number of imidazole rings is 1. The fourth-order valence-electron chi connectivity index (χ4n) is 1.33. The second-order valence-corrected chi connectivity index (χ2v) is 3.82. The van der Waals surface area contributed by atoms with Crippen LogP contribution in [0.25, 0.3) is 0 Å². The smallest absolute Gasteiger partial charge is 0.130 e. The first-order valence-corrected chi connectivity index (χ1v) is 5.05. The van der Waals surface area contributed by atoms with E-state index in [0.29, 0.717) is 0 Å². The number of hydrogen-bond acceptors (Lipinski definition) is 2. The number of aromatic nitrogens is 2. The van der Waals surface area contributed by atoms with Crippen molar-refractivity contribution in [2.75, 3.05) is 5.32 Å². The molecule has 1 heterocycles. The first kappa shape index (κ1) is 10.1. The molecule has 0 aliphatic carbocycles. The van der Waals surface area contributed by atoms with E-state index < -0.39 is 0 Å². The number of rotatable bonds is 2. The lowest BCUT2D eigenvalue weighted by molar-refractivity contribution is 0.865. The Hall–Kier alpha value is -1.48. The van der Waals surface area contributed by atoms with Gasteiger partial charge in [-0.05, 0) is 25.1 Å². The predicted molar refractivity (Wildman–Crippen MR) is 62.7 cm³/mol. The van der Waals surface area contributed by atoms with Crippen LogP contribution in [0.4, 0.5) is 11.5 Å². The third-order valence-electron chi connectivity index (χ3n) is 2.32. The lowest BCUT2D eigenvalue weighted by Gasteiger charge is -2.07. The minimum absolute atomic E-state index is 0.721. The summed E-state index contributed by atoms with van der Waals surface area (Å²) < 4.78 is 1.99. The molecule has 78 valence electrons. The Bertz CT molecular complexity index is 476. The SMILES string of the molecule is Cc1ncc(Nc2cccc(Cl)c2)n1C. The summed E-state index contributed by atoms with van der Waals surface area (Å²) in [7, 11) is 1.97. The average molecular weight is 222 g/mol. The maximum Gasteiger partial charge on any atom is 0.130 e. The zero-order valence-electron chi connectivity index (χ0n) is 8.66. The minimum Gasteiger partial charge on any atom is -0.340 e. The van der Waals surface area contributed by atoms with E-state index in [1.165, 1.54) is 0 Å². The van der Waals surface area contributed by atoms with Crippen molar-refractivity contribution >= 4 is 23.1 Å². The lowest BCUT2D eigenvalue weighted by atomic mass is 10.3. The Labute approximate surface area is 93.7 Å². The predicted octanol–water partition coefficient (Wildman–Crippen LogP) is 3.13. The molecule has 0 radical (unpaired) electrons. The van der Waals surface area contributed by atoms with Crippen LogP contribution in [0, 0.1) is 6.92 Å². The number of nitrogens with one attached hydrogen (secondary N) is 1. The molecule has 15 heavy (non-hydrogen) atoms. The van der Waals surface area contributed by atoms with E-state index in [9.17, 15) is 0 Å². The van der Waals surface area contributed by atoms with Gasteiger partial charge < -0.3 is 9.88 Å². The van der Waals surface area contributed by atoms with Gasteiger partial charge in [0.15, 0.2) is 0 Å². The zero-order chi connectivity index (χ0) is 10.8. The standard InChI is InChI=1S/C11H12ClN3/c1-8-13-7-11(15(8)2)14-10-5-3-4-9(12)6-10/h3-7,14H,1-2H3. The van der Waals surface area contributed by atoms with E-state index in [0.717, 1.165) is 22.4 Å². The van der Waals surface area contributed by atoms with Crippen molar-refractivity contribution in [3.63, 3.8) is 0 Å². The zero-order valence-corrected chi connectivity index (χ0v) is 9.42. The number of hydrogen-bond donors (Lipinski definition) is 1. The van der Waals surface area contributed by atoms with Gasteiger partial charge in [0.05, 0.1) is 6.20 Å². The second-order valence-electron chi connectivity index (χ2n) is 3.39. The molecule has 1 aromatic carbocycles. The van der Waals surface area contributed by atoms with Gasteiger partial charge >= 0.3 is 0 Å². The monoisotopic (exact) mass is 221 g/mol. The summed E-state index contributed by atoms with van der Waals surface area (Å²) in [6.45, 7) is 1.96. The van der Waals surface area contributed by atoms with Gasteiger partial charge in [-0.15, -0.1) is 0 Å². The van der Waals surface area contributed by atoms with Crippen molar-refractivity contribution in [1.29, 1.82) is 0 Å². The molecule has 2 aromatic rings. The molecule has 0 spiro atoms. The van der Waals surface area contributed by atoms with E-state index in [2.05, 4.69) is 10.3 Å². The molecular formula is C11H12ClN3. The molecule has 0 atom stereocenters. The third-order valence-corrected chi connectivity index (χ3v) is 2.55. The van der Waals surface area contributed by atoms with Crippen molar-refractivity contribution in [2.24, 2.45) is 7.05 Å². The molecule has 0 saturated heterocycles. The Morgan fingerprint density at radius 1 is 1.40 bits per heavy atom. The van der Waals surface area contributed by atoms with Crippen molar-refractivity contribution in [3.05, 3.63) is 41.3 Å². The normalized spacial score (nSPS) is 10.3. The highest BCUT2D eigenvalue weighted by atomic mass is 35.5. The molecule has 0 fully saturated rings. The molecule has 1 aromatic heterocycles. The summed E-state index contributed by atoms with van der Waals surface area (Å²) in [4.78, 5) is 4.20. The van der Waals surface area contributed by atoms with Gasteiger partial charge in [-0.3, -0.25) is 0 Å². The molecule has 0 aliphatic heterocycles. The quantitative estimate of drug-likeness (QED) is 0.845. The van der Waals surface area contributed by atoms with Crippen LogP contribution >= 0.6 is 11.6 Å². The number of halogens is 1.